The molecule has 0 bridgehead atoms. The quantitative estimate of drug-likeness (QED) is 0.751. The minimum atomic E-state index is -0.295. The molecule has 1 aromatic heterocycles. The van der Waals surface area contributed by atoms with Crippen molar-refractivity contribution in [2.24, 2.45) is 5.73 Å². The van der Waals surface area contributed by atoms with Gasteiger partial charge in [-0.2, -0.15) is 4.98 Å². The Morgan fingerprint density at radius 1 is 1.46 bits per heavy atom. The van der Waals surface area contributed by atoms with Crippen LogP contribution in [0.4, 0.5) is 0 Å². The fourth-order valence-corrected chi connectivity index (χ4v) is 1.45. The third-order valence-electron chi connectivity index (χ3n) is 2.63. The highest BCUT2D eigenvalue weighted by atomic mass is 16.5. The van der Waals surface area contributed by atoms with Gasteiger partial charge in [-0.1, -0.05) is 19.0 Å². The molecule has 1 fully saturated rings. The van der Waals surface area contributed by atoms with Crippen LogP contribution in [-0.2, 0) is 5.54 Å². The monoisotopic (exact) mass is 181 g/mol. The predicted molar refractivity (Wildman–Crippen MR) is 48.1 cm³/mol. The summed E-state index contributed by atoms with van der Waals surface area (Å²) in [6, 6.07) is 0. The Kier molecular flexibility index (Phi) is 1.87. The smallest absolute Gasteiger partial charge is 0.229 e. The van der Waals surface area contributed by atoms with Crippen LogP contribution >= 0.6 is 0 Å². The summed E-state index contributed by atoms with van der Waals surface area (Å²) in [7, 11) is 0. The molecule has 1 aliphatic rings. The third-order valence-corrected chi connectivity index (χ3v) is 2.63. The van der Waals surface area contributed by atoms with Crippen molar-refractivity contribution in [2.45, 2.75) is 44.6 Å². The van der Waals surface area contributed by atoms with Gasteiger partial charge < -0.3 is 10.3 Å². The summed E-state index contributed by atoms with van der Waals surface area (Å²) in [5, 5.41) is 3.92. The van der Waals surface area contributed by atoms with Crippen LogP contribution in [-0.4, -0.2) is 10.1 Å². The molecule has 0 spiro atoms. The van der Waals surface area contributed by atoms with Gasteiger partial charge in [-0.25, -0.2) is 0 Å². The molecule has 2 rings (SSSR count). The van der Waals surface area contributed by atoms with Gasteiger partial charge in [-0.05, 0) is 19.3 Å². The Morgan fingerprint density at radius 3 is 2.54 bits per heavy atom. The standard InChI is InChI=1S/C9H15N3O/c1-6(2)7-11-8(12-13-7)9(10)4-3-5-9/h6H,3-5,10H2,1-2H3. The number of hydrogen-bond donors (Lipinski definition) is 1. The van der Waals surface area contributed by atoms with Gasteiger partial charge in [0.2, 0.25) is 5.89 Å². The first-order valence-corrected chi connectivity index (χ1v) is 4.75. The Balaban J connectivity index is 2.22. The summed E-state index contributed by atoms with van der Waals surface area (Å²) in [6.45, 7) is 4.06. The second-order valence-electron chi connectivity index (χ2n) is 4.12. The second-order valence-corrected chi connectivity index (χ2v) is 4.12. The Labute approximate surface area is 77.5 Å². The van der Waals surface area contributed by atoms with Gasteiger partial charge in [0.1, 0.15) is 0 Å². The van der Waals surface area contributed by atoms with Crippen molar-refractivity contribution >= 4 is 0 Å². The highest BCUT2D eigenvalue weighted by Gasteiger charge is 2.39. The van der Waals surface area contributed by atoms with Gasteiger partial charge in [-0.3, -0.25) is 0 Å². The van der Waals surface area contributed by atoms with Gasteiger partial charge in [0.05, 0.1) is 5.54 Å². The van der Waals surface area contributed by atoms with E-state index in [1.165, 1.54) is 6.42 Å². The highest BCUT2D eigenvalue weighted by molar-refractivity contribution is 5.09. The van der Waals surface area contributed by atoms with E-state index in [1.807, 2.05) is 13.8 Å². The fourth-order valence-electron chi connectivity index (χ4n) is 1.45. The molecule has 0 amide bonds. The Morgan fingerprint density at radius 2 is 2.15 bits per heavy atom. The number of nitrogens with two attached hydrogens (primary N) is 1. The lowest BCUT2D eigenvalue weighted by Crippen LogP contribution is -2.44. The number of hydrogen-bond acceptors (Lipinski definition) is 4. The molecule has 72 valence electrons. The maximum absolute atomic E-state index is 6.05. The molecule has 0 saturated heterocycles. The number of aromatic nitrogens is 2. The Bertz CT molecular complexity index is 302. The normalized spacial score (nSPS) is 20.3. The summed E-state index contributed by atoms with van der Waals surface area (Å²) in [5.74, 6) is 1.65. The second kappa shape index (κ2) is 2.80. The maximum Gasteiger partial charge on any atom is 0.229 e. The van der Waals surface area contributed by atoms with Gasteiger partial charge in [-0.15, -0.1) is 0 Å². The molecule has 2 N–H and O–H groups in total. The molecule has 0 unspecified atom stereocenters. The molecule has 4 nitrogen and oxygen atoms in total. The van der Waals surface area contributed by atoms with Crippen LogP contribution in [0.15, 0.2) is 4.52 Å². The van der Waals surface area contributed by atoms with Crippen LogP contribution < -0.4 is 5.73 Å². The summed E-state index contributed by atoms with van der Waals surface area (Å²) >= 11 is 0. The van der Waals surface area contributed by atoms with E-state index in [0.29, 0.717) is 11.7 Å². The lowest BCUT2D eigenvalue weighted by Gasteiger charge is -2.34. The minimum Gasteiger partial charge on any atom is -0.339 e. The molecule has 0 aliphatic heterocycles. The molecule has 4 heteroatoms. The maximum atomic E-state index is 6.05. The first-order chi connectivity index (χ1) is 6.12. The van der Waals surface area contributed by atoms with Crippen LogP contribution in [0.2, 0.25) is 0 Å². The molecule has 0 aromatic carbocycles. The van der Waals surface area contributed by atoms with Gasteiger partial charge in [0.25, 0.3) is 0 Å². The molecule has 1 aliphatic carbocycles. The van der Waals surface area contributed by atoms with Gasteiger partial charge in [0.15, 0.2) is 5.82 Å². The zero-order valence-electron chi connectivity index (χ0n) is 8.08. The first-order valence-electron chi connectivity index (χ1n) is 4.75. The van der Waals surface area contributed by atoms with Crippen molar-refractivity contribution in [3.8, 4) is 0 Å². The molecular weight excluding hydrogens is 166 g/mol. The van der Waals surface area contributed by atoms with E-state index in [0.717, 1.165) is 12.8 Å². The van der Waals surface area contributed by atoms with E-state index in [2.05, 4.69) is 10.1 Å². The fraction of sp³-hybridized carbons (Fsp3) is 0.778. The average Bonchev–Trinajstić information content (AvgIpc) is 2.48. The van der Waals surface area contributed by atoms with Crippen molar-refractivity contribution in [1.82, 2.24) is 10.1 Å². The zero-order chi connectivity index (χ0) is 9.47. The number of nitrogens with zero attached hydrogens (tertiary/aromatic N) is 2. The molecule has 0 radical (unpaired) electrons. The summed E-state index contributed by atoms with van der Waals surface area (Å²) in [4.78, 5) is 4.30. The van der Waals surface area contributed by atoms with E-state index < -0.39 is 0 Å². The molecule has 1 aromatic rings. The van der Waals surface area contributed by atoms with E-state index in [4.69, 9.17) is 10.3 Å². The highest BCUT2D eigenvalue weighted by Crippen LogP contribution is 2.37. The third kappa shape index (κ3) is 1.35. The summed E-state index contributed by atoms with van der Waals surface area (Å²) in [6.07, 6.45) is 3.12. The predicted octanol–water partition coefficient (Wildman–Crippen LogP) is 1.53. The van der Waals surface area contributed by atoms with E-state index in [1.54, 1.807) is 0 Å². The van der Waals surface area contributed by atoms with Crippen molar-refractivity contribution in [3.63, 3.8) is 0 Å². The van der Waals surface area contributed by atoms with Crippen LogP contribution in [0.3, 0.4) is 0 Å². The summed E-state index contributed by atoms with van der Waals surface area (Å²) in [5.41, 5.74) is 5.76. The van der Waals surface area contributed by atoms with Crippen molar-refractivity contribution in [3.05, 3.63) is 11.7 Å². The lowest BCUT2D eigenvalue weighted by molar-refractivity contribution is 0.228. The lowest BCUT2D eigenvalue weighted by atomic mass is 9.77. The van der Waals surface area contributed by atoms with Crippen LogP contribution in [0.5, 0.6) is 0 Å². The molecule has 1 saturated carbocycles. The van der Waals surface area contributed by atoms with E-state index >= 15 is 0 Å². The van der Waals surface area contributed by atoms with Gasteiger partial charge in [0, 0.05) is 5.92 Å². The largest absolute Gasteiger partial charge is 0.339 e. The van der Waals surface area contributed by atoms with Crippen molar-refractivity contribution < 1.29 is 4.52 Å². The zero-order valence-corrected chi connectivity index (χ0v) is 8.08. The first kappa shape index (κ1) is 8.69. The molecule has 1 heterocycles. The summed E-state index contributed by atoms with van der Waals surface area (Å²) < 4.78 is 5.11. The molecule has 0 atom stereocenters. The van der Waals surface area contributed by atoms with Crippen LogP contribution in [0.25, 0.3) is 0 Å². The van der Waals surface area contributed by atoms with Gasteiger partial charge >= 0.3 is 0 Å². The van der Waals surface area contributed by atoms with Crippen molar-refractivity contribution in [1.29, 1.82) is 0 Å². The minimum absolute atomic E-state index is 0.282. The average molecular weight is 181 g/mol. The van der Waals surface area contributed by atoms with Crippen molar-refractivity contribution in [2.75, 3.05) is 0 Å². The van der Waals surface area contributed by atoms with Crippen LogP contribution in [0.1, 0.15) is 50.7 Å². The van der Waals surface area contributed by atoms with Crippen LogP contribution in [0, 0.1) is 0 Å². The Hall–Kier alpha value is -0.900. The molecular formula is C9H15N3O. The number of rotatable bonds is 2. The topological polar surface area (TPSA) is 64.9 Å². The van der Waals surface area contributed by atoms with E-state index in [-0.39, 0.29) is 11.5 Å². The van der Waals surface area contributed by atoms with E-state index in [9.17, 15) is 0 Å². The SMILES string of the molecule is CC(C)c1nc(C2(N)CCC2)no1. The molecule has 13 heavy (non-hydrogen) atoms.